The number of anilines is 1. The smallest absolute Gasteiger partial charge is 0.301 e. The van der Waals surface area contributed by atoms with Crippen LogP contribution in [0.2, 0.25) is 0 Å². The Morgan fingerprint density at radius 2 is 2.04 bits per heavy atom. The summed E-state index contributed by atoms with van der Waals surface area (Å²) in [5.74, 6) is 0.0235. The lowest BCUT2D eigenvalue weighted by molar-refractivity contribution is -0.367. The molecular weight excluding hydrogens is 400 g/mol. The summed E-state index contributed by atoms with van der Waals surface area (Å²) >= 11 is 2.62. The first kappa shape index (κ1) is 18.6. The van der Waals surface area contributed by atoms with Gasteiger partial charge in [-0.2, -0.15) is 0 Å². The third-order valence-electron chi connectivity index (χ3n) is 4.47. The van der Waals surface area contributed by atoms with E-state index in [0.29, 0.717) is 16.1 Å². The lowest BCUT2D eigenvalue weighted by Gasteiger charge is -2.27. The van der Waals surface area contributed by atoms with E-state index in [0.717, 1.165) is 15.1 Å². The molecule has 1 aromatic heterocycles. The van der Waals surface area contributed by atoms with Gasteiger partial charge in [-0.15, -0.1) is 4.99 Å². The van der Waals surface area contributed by atoms with Gasteiger partial charge in [0.1, 0.15) is 0 Å². The molecule has 3 heterocycles. The van der Waals surface area contributed by atoms with E-state index in [-0.39, 0.29) is 17.6 Å². The molecule has 1 N–H and O–H groups in total. The summed E-state index contributed by atoms with van der Waals surface area (Å²) in [7, 11) is 4.77. The van der Waals surface area contributed by atoms with Crippen LogP contribution >= 0.6 is 23.1 Å². The number of hydrogen-bond acceptors (Lipinski definition) is 7. The van der Waals surface area contributed by atoms with Gasteiger partial charge in [-0.25, -0.2) is 19.3 Å². The lowest BCUT2D eigenvalue weighted by Crippen LogP contribution is -2.59. The molecule has 1 atom stereocenters. The number of benzene rings is 1. The Kier molecular flexibility index (Phi) is 4.63. The fourth-order valence-electron chi connectivity index (χ4n) is 3.06. The molecule has 144 valence electrons. The van der Waals surface area contributed by atoms with Crippen LogP contribution in [-0.2, 0) is 9.59 Å². The van der Waals surface area contributed by atoms with Gasteiger partial charge < -0.3 is 5.32 Å². The third kappa shape index (κ3) is 3.06. The molecule has 1 fully saturated rings. The van der Waals surface area contributed by atoms with Crippen molar-refractivity contribution in [3.8, 4) is 0 Å². The van der Waals surface area contributed by atoms with Gasteiger partial charge in [0.05, 0.1) is 30.1 Å². The zero-order valence-electron chi connectivity index (χ0n) is 15.4. The summed E-state index contributed by atoms with van der Waals surface area (Å²) < 4.78 is 2.68. The summed E-state index contributed by atoms with van der Waals surface area (Å²) in [5, 5.41) is 3.85. The molecule has 1 aromatic carbocycles. The maximum Gasteiger partial charge on any atom is 0.388 e. The minimum absolute atomic E-state index is 0.112. The molecule has 9 nitrogen and oxygen atoms in total. The number of amidine groups is 2. The Labute approximate surface area is 168 Å². The summed E-state index contributed by atoms with van der Waals surface area (Å²) in [6, 6.07) is 6.50. The van der Waals surface area contributed by atoms with Crippen molar-refractivity contribution in [3.05, 3.63) is 24.3 Å². The van der Waals surface area contributed by atoms with Crippen LogP contribution in [0.15, 0.2) is 29.3 Å². The van der Waals surface area contributed by atoms with Gasteiger partial charge in [0.15, 0.2) is 5.13 Å². The van der Waals surface area contributed by atoms with Crippen LogP contribution in [0.25, 0.3) is 10.2 Å². The summed E-state index contributed by atoms with van der Waals surface area (Å²) in [6.07, 6.45) is 0. The Balaban J connectivity index is 1.44. The Bertz CT molecular complexity index is 1040. The monoisotopic (exact) mass is 417 g/mol. The molecular formula is C17H17N6O3S2+. The molecule has 11 heteroatoms. The number of aromatic nitrogens is 1. The summed E-state index contributed by atoms with van der Waals surface area (Å²) in [6.45, 7) is 0. The van der Waals surface area contributed by atoms with E-state index in [9.17, 15) is 14.4 Å². The number of aliphatic imine (C=N–C) groups is 1. The van der Waals surface area contributed by atoms with Crippen LogP contribution in [0.4, 0.5) is 9.93 Å². The number of nitrogens with one attached hydrogen (secondary N) is 1. The fourth-order valence-corrected chi connectivity index (χ4v) is 4.74. The molecule has 2 aliphatic rings. The van der Waals surface area contributed by atoms with Crippen molar-refractivity contribution in [2.45, 2.75) is 6.04 Å². The summed E-state index contributed by atoms with van der Waals surface area (Å²) in [5.41, 5.74) is 0.839. The maximum atomic E-state index is 12.3. The van der Waals surface area contributed by atoms with Crippen LogP contribution in [0.3, 0.4) is 0 Å². The van der Waals surface area contributed by atoms with E-state index in [1.165, 1.54) is 35.0 Å². The zero-order chi connectivity index (χ0) is 20.0. The minimum Gasteiger partial charge on any atom is -0.301 e. The molecule has 2 aromatic rings. The van der Waals surface area contributed by atoms with Crippen molar-refractivity contribution in [1.29, 1.82) is 0 Å². The second-order valence-corrected chi connectivity index (χ2v) is 8.27. The number of amides is 4. The van der Waals surface area contributed by atoms with Crippen molar-refractivity contribution >= 4 is 67.3 Å². The van der Waals surface area contributed by atoms with Gasteiger partial charge in [0.2, 0.25) is 5.91 Å². The number of thioether (sulfide) groups is 1. The summed E-state index contributed by atoms with van der Waals surface area (Å²) in [4.78, 5) is 48.0. The average molecular weight is 417 g/mol. The number of imide groups is 1. The molecule has 0 saturated carbocycles. The zero-order valence-corrected chi connectivity index (χ0v) is 17.0. The molecule has 0 spiro atoms. The highest BCUT2D eigenvalue weighted by Crippen LogP contribution is 2.26. The largest absolute Gasteiger partial charge is 0.388 e. The Morgan fingerprint density at radius 1 is 1.29 bits per heavy atom. The van der Waals surface area contributed by atoms with E-state index in [1.54, 1.807) is 18.7 Å². The van der Waals surface area contributed by atoms with Crippen molar-refractivity contribution in [2.24, 2.45) is 4.99 Å². The van der Waals surface area contributed by atoms with Gasteiger partial charge in [-0.3, -0.25) is 14.5 Å². The fraction of sp³-hybridized carbons (Fsp3) is 0.294. The number of carbonyl (C=O) groups excluding carboxylic acids is 3. The number of nitrogens with zero attached hydrogens (tertiary/aromatic N) is 5. The first-order valence-electron chi connectivity index (χ1n) is 8.38. The Hall–Kier alpha value is -2.79. The SMILES string of the molecule is CN1C(=O)C2N=C(SCC(=O)Nc3nc4ccccc4s3)[N+](C)=C2N(C)C1=O. The molecule has 4 rings (SSSR count). The number of thiazole rings is 1. The lowest BCUT2D eigenvalue weighted by atomic mass is 10.2. The number of para-hydroxylation sites is 1. The number of urea groups is 1. The predicted molar refractivity (Wildman–Crippen MR) is 109 cm³/mol. The van der Waals surface area contributed by atoms with Gasteiger partial charge in [-0.05, 0) is 23.9 Å². The Morgan fingerprint density at radius 3 is 2.79 bits per heavy atom. The minimum atomic E-state index is -0.757. The third-order valence-corrected chi connectivity index (χ3v) is 6.47. The molecule has 0 aliphatic carbocycles. The van der Waals surface area contributed by atoms with Crippen LogP contribution in [0, 0.1) is 0 Å². The van der Waals surface area contributed by atoms with E-state index < -0.39 is 12.1 Å². The van der Waals surface area contributed by atoms with E-state index in [4.69, 9.17) is 0 Å². The number of likely N-dealkylation sites (N-methyl/N-ethyl adjacent to an activating group) is 2. The normalized spacial score (nSPS) is 19.4. The molecule has 4 amide bonds. The molecule has 1 saturated heterocycles. The molecule has 28 heavy (non-hydrogen) atoms. The van der Waals surface area contributed by atoms with E-state index in [2.05, 4.69) is 15.3 Å². The number of rotatable bonds is 3. The van der Waals surface area contributed by atoms with Gasteiger partial charge in [0.25, 0.3) is 23.0 Å². The van der Waals surface area contributed by atoms with Gasteiger partial charge in [0, 0.05) is 7.05 Å². The van der Waals surface area contributed by atoms with Crippen molar-refractivity contribution < 1.29 is 19.0 Å². The standard InChI is InChI=1S/C17H16N6O3S2/c1-21-13-12(14(25)23(3)17(26)22(13)2)20-16(21)27-8-11(24)19-15-18-9-6-4-5-7-10(9)28-15/h4-7,12H,8H2,1-3H3/p+1. The topological polar surface area (TPSA) is 98.0 Å². The number of hydrogen-bond donors (Lipinski definition) is 1. The van der Waals surface area contributed by atoms with Crippen molar-refractivity contribution in [2.75, 3.05) is 32.2 Å². The number of carbonyl (C=O) groups is 3. The predicted octanol–water partition coefficient (Wildman–Crippen LogP) is 1.27. The van der Waals surface area contributed by atoms with Crippen molar-refractivity contribution in [1.82, 2.24) is 14.8 Å². The quantitative estimate of drug-likeness (QED) is 0.759. The van der Waals surface area contributed by atoms with Crippen LogP contribution < -0.4 is 5.32 Å². The highest BCUT2D eigenvalue weighted by Gasteiger charge is 2.51. The first-order chi connectivity index (χ1) is 13.4. The van der Waals surface area contributed by atoms with Crippen LogP contribution in [0.5, 0.6) is 0 Å². The van der Waals surface area contributed by atoms with Crippen LogP contribution in [-0.4, -0.2) is 81.1 Å². The van der Waals surface area contributed by atoms with E-state index >= 15 is 0 Å². The average Bonchev–Trinajstić information content (AvgIpc) is 3.23. The van der Waals surface area contributed by atoms with Gasteiger partial charge >= 0.3 is 6.03 Å². The first-order valence-corrected chi connectivity index (χ1v) is 10.2. The molecule has 2 aliphatic heterocycles. The maximum absolute atomic E-state index is 12.3. The highest BCUT2D eigenvalue weighted by atomic mass is 32.2. The molecule has 0 radical (unpaired) electrons. The highest BCUT2D eigenvalue weighted by molar-refractivity contribution is 8.14. The van der Waals surface area contributed by atoms with Gasteiger partial charge in [-0.1, -0.05) is 23.5 Å². The number of fused-ring (bicyclic) bond motifs is 2. The second-order valence-electron chi connectivity index (χ2n) is 6.29. The second kappa shape index (κ2) is 6.99. The van der Waals surface area contributed by atoms with Crippen molar-refractivity contribution in [3.63, 3.8) is 0 Å². The molecule has 0 bridgehead atoms. The van der Waals surface area contributed by atoms with E-state index in [1.807, 2.05) is 24.3 Å². The molecule has 1 unspecified atom stereocenters. The van der Waals surface area contributed by atoms with Crippen LogP contribution in [0.1, 0.15) is 0 Å².